The Morgan fingerprint density at radius 2 is 2.24 bits per heavy atom. The second-order valence-corrected chi connectivity index (χ2v) is 4.96. The number of nitrogens with one attached hydrogen (secondary N) is 1. The van der Waals surface area contributed by atoms with Crippen LogP contribution in [0.3, 0.4) is 0 Å². The maximum Gasteiger partial charge on any atom is 0.128 e. The number of hydrogen-bond donors (Lipinski definition) is 2. The molecule has 1 aromatic rings. The van der Waals surface area contributed by atoms with Crippen LogP contribution in [0.25, 0.3) is 0 Å². The first-order valence-corrected chi connectivity index (χ1v) is 6.11. The SMILES string of the molecule is Nc1ccc(F)c(C2(C3CC3)COCCN2)c1. The van der Waals surface area contributed by atoms with Crippen molar-refractivity contribution in [1.82, 2.24) is 5.32 Å². The van der Waals surface area contributed by atoms with Gasteiger partial charge in [0.25, 0.3) is 0 Å². The van der Waals surface area contributed by atoms with Gasteiger partial charge < -0.3 is 15.8 Å². The summed E-state index contributed by atoms with van der Waals surface area (Å²) in [5.74, 6) is 0.281. The number of nitrogens with two attached hydrogens (primary N) is 1. The molecule has 17 heavy (non-hydrogen) atoms. The van der Waals surface area contributed by atoms with Crippen molar-refractivity contribution in [2.75, 3.05) is 25.5 Å². The lowest BCUT2D eigenvalue weighted by Crippen LogP contribution is -2.53. The summed E-state index contributed by atoms with van der Waals surface area (Å²) in [7, 11) is 0. The zero-order chi connectivity index (χ0) is 11.9. The molecule has 92 valence electrons. The van der Waals surface area contributed by atoms with E-state index < -0.39 is 0 Å². The van der Waals surface area contributed by atoms with Crippen LogP contribution in [0.2, 0.25) is 0 Å². The highest BCUT2D eigenvalue weighted by Crippen LogP contribution is 2.47. The Balaban J connectivity index is 2.05. The van der Waals surface area contributed by atoms with Crippen LogP contribution in [0.4, 0.5) is 10.1 Å². The molecule has 1 unspecified atom stereocenters. The standard InChI is InChI=1S/C13H17FN2O/c14-12-4-3-10(15)7-11(12)13(9-1-2-9)8-17-6-5-16-13/h3-4,7,9,16H,1-2,5-6,8,15H2. The summed E-state index contributed by atoms with van der Waals surface area (Å²) in [6, 6.07) is 4.80. The Hall–Kier alpha value is -1.13. The van der Waals surface area contributed by atoms with Crippen molar-refractivity contribution in [2.45, 2.75) is 18.4 Å². The van der Waals surface area contributed by atoms with Crippen LogP contribution in [0.5, 0.6) is 0 Å². The van der Waals surface area contributed by atoms with E-state index in [4.69, 9.17) is 10.5 Å². The summed E-state index contributed by atoms with van der Waals surface area (Å²) in [4.78, 5) is 0. The van der Waals surface area contributed by atoms with E-state index in [-0.39, 0.29) is 11.4 Å². The zero-order valence-corrected chi connectivity index (χ0v) is 9.71. The highest BCUT2D eigenvalue weighted by atomic mass is 19.1. The zero-order valence-electron chi connectivity index (χ0n) is 9.71. The molecule has 3 rings (SSSR count). The Morgan fingerprint density at radius 3 is 2.88 bits per heavy atom. The fraction of sp³-hybridized carbons (Fsp3) is 0.538. The monoisotopic (exact) mass is 236 g/mol. The molecule has 2 aliphatic rings. The van der Waals surface area contributed by atoms with E-state index in [0.717, 1.165) is 19.4 Å². The average Bonchev–Trinajstić information content (AvgIpc) is 3.17. The molecular formula is C13H17FN2O. The van der Waals surface area contributed by atoms with Crippen molar-refractivity contribution < 1.29 is 9.13 Å². The second kappa shape index (κ2) is 3.96. The van der Waals surface area contributed by atoms with Crippen LogP contribution in [0, 0.1) is 11.7 Å². The lowest BCUT2D eigenvalue weighted by molar-refractivity contribution is 0.0125. The highest BCUT2D eigenvalue weighted by Gasteiger charge is 2.49. The summed E-state index contributed by atoms with van der Waals surface area (Å²) in [6.07, 6.45) is 2.26. The van der Waals surface area contributed by atoms with Gasteiger partial charge in [0.15, 0.2) is 0 Å². The van der Waals surface area contributed by atoms with Crippen molar-refractivity contribution in [1.29, 1.82) is 0 Å². The van der Waals surface area contributed by atoms with E-state index in [1.807, 2.05) is 0 Å². The molecule has 1 aliphatic carbocycles. The van der Waals surface area contributed by atoms with E-state index in [0.29, 0.717) is 30.4 Å². The third-order valence-corrected chi connectivity index (χ3v) is 3.76. The molecule has 1 aromatic carbocycles. The van der Waals surface area contributed by atoms with Gasteiger partial charge in [0, 0.05) is 17.8 Å². The number of benzene rings is 1. The van der Waals surface area contributed by atoms with Gasteiger partial charge >= 0.3 is 0 Å². The maximum atomic E-state index is 14.0. The quantitative estimate of drug-likeness (QED) is 0.767. The van der Waals surface area contributed by atoms with Crippen molar-refractivity contribution in [3.8, 4) is 0 Å². The summed E-state index contributed by atoms with van der Waals surface area (Å²) in [5, 5.41) is 3.46. The van der Waals surface area contributed by atoms with Gasteiger partial charge in [-0.05, 0) is 37.0 Å². The van der Waals surface area contributed by atoms with Crippen molar-refractivity contribution >= 4 is 5.69 Å². The Labute approximate surface area is 100 Å². The molecule has 1 aliphatic heterocycles. The molecule has 0 amide bonds. The van der Waals surface area contributed by atoms with Crippen LogP contribution >= 0.6 is 0 Å². The van der Waals surface area contributed by atoms with Gasteiger partial charge in [-0.25, -0.2) is 4.39 Å². The normalized spacial score (nSPS) is 29.2. The molecule has 3 nitrogen and oxygen atoms in total. The predicted molar refractivity (Wildman–Crippen MR) is 64.0 cm³/mol. The molecule has 1 saturated carbocycles. The molecule has 0 bridgehead atoms. The summed E-state index contributed by atoms with van der Waals surface area (Å²) in [5.41, 5.74) is 6.69. The molecule has 0 spiro atoms. The number of ether oxygens (including phenoxy) is 1. The lowest BCUT2D eigenvalue weighted by atomic mass is 9.84. The third kappa shape index (κ3) is 1.81. The lowest BCUT2D eigenvalue weighted by Gasteiger charge is -2.39. The van der Waals surface area contributed by atoms with E-state index in [9.17, 15) is 4.39 Å². The van der Waals surface area contributed by atoms with Crippen LogP contribution < -0.4 is 11.1 Å². The van der Waals surface area contributed by atoms with Crippen molar-refractivity contribution in [3.63, 3.8) is 0 Å². The van der Waals surface area contributed by atoms with Gasteiger partial charge in [-0.3, -0.25) is 0 Å². The molecular weight excluding hydrogens is 219 g/mol. The van der Waals surface area contributed by atoms with Crippen molar-refractivity contribution in [2.24, 2.45) is 5.92 Å². The summed E-state index contributed by atoms with van der Waals surface area (Å²) >= 11 is 0. The molecule has 1 atom stereocenters. The maximum absolute atomic E-state index is 14.0. The van der Waals surface area contributed by atoms with Gasteiger partial charge in [0.05, 0.1) is 18.8 Å². The number of halogens is 1. The van der Waals surface area contributed by atoms with Crippen LogP contribution in [-0.2, 0) is 10.3 Å². The van der Waals surface area contributed by atoms with Crippen LogP contribution in [0.15, 0.2) is 18.2 Å². The van der Waals surface area contributed by atoms with E-state index >= 15 is 0 Å². The minimum Gasteiger partial charge on any atom is -0.399 e. The molecule has 1 heterocycles. The number of morpholine rings is 1. The second-order valence-electron chi connectivity index (χ2n) is 4.96. The fourth-order valence-electron chi connectivity index (χ4n) is 2.75. The van der Waals surface area contributed by atoms with Gasteiger partial charge in [0.2, 0.25) is 0 Å². The van der Waals surface area contributed by atoms with Gasteiger partial charge in [-0.2, -0.15) is 0 Å². The van der Waals surface area contributed by atoms with E-state index in [2.05, 4.69) is 5.32 Å². The van der Waals surface area contributed by atoms with Gasteiger partial charge in [-0.1, -0.05) is 0 Å². The van der Waals surface area contributed by atoms with Crippen LogP contribution in [-0.4, -0.2) is 19.8 Å². The molecule has 2 fully saturated rings. The highest BCUT2D eigenvalue weighted by molar-refractivity contribution is 5.45. The topological polar surface area (TPSA) is 47.3 Å². The van der Waals surface area contributed by atoms with Crippen LogP contribution in [0.1, 0.15) is 18.4 Å². The number of nitrogen functional groups attached to an aromatic ring is 1. The Morgan fingerprint density at radius 1 is 1.41 bits per heavy atom. The third-order valence-electron chi connectivity index (χ3n) is 3.76. The largest absolute Gasteiger partial charge is 0.399 e. The molecule has 3 N–H and O–H groups in total. The Kier molecular flexibility index (Phi) is 2.56. The first-order valence-electron chi connectivity index (χ1n) is 6.11. The van der Waals surface area contributed by atoms with E-state index in [1.165, 1.54) is 6.07 Å². The molecule has 0 aromatic heterocycles. The summed E-state index contributed by atoms with van der Waals surface area (Å²) in [6.45, 7) is 2.00. The first kappa shape index (κ1) is 11.0. The van der Waals surface area contributed by atoms with E-state index in [1.54, 1.807) is 12.1 Å². The van der Waals surface area contributed by atoms with Gasteiger partial charge in [-0.15, -0.1) is 0 Å². The number of hydrogen-bond acceptors (Lipinski definition) is 3. The number of anilines is 1. The molecule has 4 heteroatoms. The molecule has 1 saturated heterocycles. The van der Waals surface area contributed by atoms with Crippen molar-refractivity contribution in [3.05, 3.63) is 29.6 Å². The average molecular weight is 236 g/mol. The van der Waals surface area contributed by atoms with Gasteiger partial charge in [0.1, 0.15) is 5.82 Å². The predicted octanol–water partition coefficient (Wildman–Crippen LogP) is 1.63. The smallest absolute Gasteiger partial charge is 0.128 e. The first-order chi connectivity index (χ1) is 8.22. The molecule has 0 radical (unpaired) electrons. The number of rotatable bonds is 2. The minimum atomic E-state index is -0.363. The fourth-order valence-corrected chi connectivity index (χ4v) is 2.75. The minimum absolute atomic E-state index is 0.191. The Bertz CT molecular complexity index is 425. The summed E-state index contributed by atoms with van der Waals surface area (Å²) < 4.78 is 19.6.